The van der Waals surface area contributed by atoms with Crippen molar-refractivity contribution in [3.8, 4) is 0 Å². The maximum Gasteiger partial charge on any atom is 0.187 e. The van der Waals surface area contributed by atoms with Gasteiger partial charge in [0.1, 0.15) is 48.8 Å². The van der Waals surface area contributed by atoms with Crippen LogP contribution in [0.4, 0.5) is 0 Å². The van der Waals surface area contributed by atoms with Gasteiger partial charge in [-0.15, -0.1) is 0 Å². The summed E-state index contributed by atoms with van der Waals surface area (Å²) in [6.07, 6.45) is -14.3. The summed E-state index contributed by atoms with van der Waals surface area (Å²) in [6, 6.07) is 0. The van der Waals surface area contributed by atoms with Gasteiger partial charge >= 0.3 is 0 Å². The minimum atomic E-state index is -1.69. The molecule has 4 unspecified atom stereocenters. The van der Waals surface area contributed by atoms with Crippen LogP contribution in [0.25, 0.3) is 0 Å². The highest BCUT2D eigenvalue weighted by molar-refractivity contribution is 4.93. The number of ether oxygens (including phenoxy) is 4. The van der Waals surface area contributed by atoms with E-state index < -0.39 is 74.6 Å². The van der Waals surface area contributed by atoms with E-state index >= 15 is 0 Å². The molecule has 0 bridgehead atoms. The van der Waals surface area contributed by atoms with Crippen LogP contribution in [0.15, 0.2) is 0 Å². The molecule has 2 fully saturated rings. The van der Waals surface area contributed by atoms with Crippen LogP contribution < -0.4 is 0 Å². The average molecular weight is 370 g/mol. The highest BCUT2D eigenvalue weighted by atomic mass is 16.7. The van der Waals surface area contributed by atoms with Crippen molar-refractivity contribution in [2.75, 3.05) is 19.8 Å². The van der Waals surface area contributed by atoms with Crippen molar-refractivity contribution < 1.29 is 54.7 Å². The van der Waals surface area contributed by atoms with Gasteiger partial charge in [0.15, 0.2) is 12.6 Å². The van der Waals surface area contributed by atoms with E-state index in [1.54, 1.807) is 6.92 Å². The fraction of sp³-hybridized carbons (Fsp3) is 1.00. The molecular weight excluding hydrogens is 344 g/mol. The molecule has 0 spiro atoms. The predicted molar refractivity (Wildman–Crippen MR) is 78.0 cm³/mol. The molecular formula is C14H26O11. The molecule has 0 aromatic carbocycles. The van der Waals surface area contributed by atoms with Gasteiger partial charge in [-0.25, -0.2) is 0 Å². The molecule has 0 saturated carbocycles. The summed E-state index contributed by atoms with van der Waals surface area (Å²) in [5.41, 5.74) is 0. The maximum atomic E-state index is 10.2. The number of hydrogen-bond acceptors (Lipinski definition) is 11. The zero-order valence-corrected chi connectivity index (χ0v) is 13.7. The lowest BCUT2D eigenvalue weighted by molar-refractivity contribution is -0.359. The van der Waals surface area contributed by atoms with Gasteiger partial charge in [-0.05, 0) is 6.92 Å². The third-order valence-electron chi connectivity index (χ3n) is 4.29. The first-order chi connectivity index (χ1) is 11.8. The van der Waals surface area contributed by atoms with Gasteiger partial charge in [0.2, 0.25) is 0 Å². The molecule has 2 aliphatic rings. The molecule has 2 saturated heterocycles. The topological polar surface area (TPSA) is 179 Å². The van der Waals surface area contributed by atoms with Crippen LogP contribution >= 0.6 is 0 Å². The Bertz CT molecular complexity index is 406. The van der Waals surface area contributed by atoms with Gasteiger partial charge in [0.05, 0.1) is 13.2 Å². The van der Waals surface area contributed by atoms with Gasteiger partial charge in [-0.3, -0.25) is 0 Å². The number of hydrogen-bond donors (Lipinski definition) is 7. The van der Waals surface area contributed by atoms with Crippen LogP contribution in [0.5, 0.6) is 0 Å². The fourth-order valence-corrected chi connectivity index (χ4v) is 2.86. The van der Waals surface area contributed by atoms with Crippen LogP contribution in [-0.4, -0.2) is 117 Å². The molecule has 2 heterocycles. The number of aliphatic hydroxyl groups excluding tert-OH is 7. The average Bonchev–Trinajstić information content (AvgIpc) is 2.61. The molecule has 2 aliphatic heterocycles. The predicted octanol–water partition coefficient (Wildman–Crippen LogP) is -4.35. The second-order valence-corrected chi connectivity index (χ2v) is 5.96. The van der Waals surface area contributed by atoms with Crippen LogP contribution in [0.3, 0.4) is 0 Å². The maximum absolute atomic E-state index is 10.2. The highest BCUT2D eigenvalue weighted by Crippen LogP contribution is 2.29. The normalized spacial score (nSPS) is 48.5. The van der Waals surface area contributed by atoms with E-state index in [0.29, 0.717) is 0 Å². The zero-order chi connectivity index (χ0) is 18.7. The Labute approximate surface area is 143 Å². The first kappa shape index (κ1) is 20.9. The van der Waals surface area contributed by atoms with E-state index in [0.717, 1.165) is 0 Å². The van der Waals surface area contributed by atoms with Crippen molar-refractivity contribution in [1.82, 2.24) is 0 Å². The lowest BCUT2D eigenvalue weighted by Gasteiger charge is -2.45. The van der Waals surface area contributed by atoms with Gasteiger partial charge < -0.3 is 54.7 Å². The van der Waals surface area contributed by atoms with Crippen molar-refractivity contribution in [2.45, 2.75) is 68.3 Å². The standard InChI is InChI=1S/C14H26O11/c1-2-22-13-11(21)9(19)12(6(4-16)24-13)25-14-10(20)8(18)7(17)5(3-15)23-14/h5-21H,2-4H2,1H3/t5?,6?,7-,8?,9?,10-,11-,12+,13+,14-/m0/s1. The molecule has 25 heavy (non-hydrogen) atoms. The largest absolute Gasteiger partial charge is 0.394 e. The Morgan fingerprint density at radius 1 is 0.720 bits per heavy atom. The van der Waals surface area contributed by atoms with Crippen LogP contribution in [-0.2, 0) is 18.9 Å². The summed E-state index contributed by atoms with van der Waals surface area (Å²) in [6.45, 7) is 0.625. The van der Waals surface area contributed by atoms with Crippen LogP contribution in [0.1, 0.15) is 6.92 Å². The van der Waals surface area contributed by atoms with Gasteiger partial charge in [0, 0.05) is 6.61 Å². The van der Waals surface area contributed by atoms with Crippen LogP contribution in [0, 0.1) is 0 Å². The van der Waals surface area contributed by atoms with E-state index in [9.17, 15) is 35.7 Å². The SMILES string of the molecule is CCO[C@@H]1OC(CO)[C@@H](O[C@@H]2OC(CO)[C@H](O)C(O)[C@@H]2O)C(O)[C@@H]1O. The molecule has 0 aromatic heterocycles. The Morgan fingerprint density at radius 2 is 1.28 bits per heavy atom. The summed E-state index contributed by atoms with van der Waals surface area (Å²) in [4.78, 5) is 0. The summed E-state index contributed by atoms with van der Waals surface area (Å²) in [5.74, 6) is 0. The molecule has 148 valence electrons. The van der Waals surface area contributed by atoms with Gasteiger partial charge in [0.25, 0.3) is 0 Å². The quantitative estimate of drug-likeness (QED) is 0.240. The van der Waals surface area contributed by atoms with E-state index in [1.165, 1.54) is 0 Å². The van der Waals surface area contributed by atoms with E-state index in [-0.39, 0.29) is 6.61 Å². The lowest BCUT2D eigenvalue weighted by atomic mass is 9.97. The molecule has 7 N–H and O–H groups in total. The number of rotatable bonds is 6. The minimum absolute atomic E-state index is 0.199. The Balaban J connectivity index is 2.11. The minimum Gasteiger partial charge on any atom is -0.394 e. The zero-order valence-electron chi connectivity index (χ0n) is 13.7. The summed E-state index contributed by atoms with van der Waals surface area (Å²) >= 11 is 0. The molecule has 11 nitrogen and oxygen atoms in total. The highest BCUT2D eigenvalue weighted by Gasteiger charge is 2.50. The van der Waals surface area contributed by atoms with Crippen molar-refractivity contribution in [3.63, 3.8) is 0 Å². The molecule has 0 amide bonds. The molecule has 11 heteroatoms. The summed E-state index contributed by atoms with van der Waals surface area (Å²) in [7, 11) is 0. The first-order valence-corrected chi connectivity index (χ1v) is 8.05. The van der Waals surface area contributed by atoms with Gasteiger partial charge in [-0.2, -0.15) is 0 Å². The lowest BCUT2D eigenvalue weighted by Crippen LogP contribution is -2.64. The fourth-order valence-electron chi connectivity index (χ4n) is 2.86. The van der Waals surface area contributed by atoms with E-state index in [1.807, 2.05) is 0 Å². The van der Waals surface area contributed by atoms with E-state index in [2.05, 4.69) is 0 Å². The Hall–Kier alpha value is -0.440. The first-order valence-electron chi connectivity index (χ1n) is 8.05. The van der Waals surface area contributed by atoms with Crippen molar-refractivity contribution in [3.05, 3.63) is 0 Å². The van der Waals surface area contributed by atoms with Crippen LogP contribution in [0.2, 0.25) is 0 Å². The van der Waals surface area contributed by atoms with Crippen molar-refractivity contribution >= 4 is 0 Å². The molecule has 0 aliphatic carbocycles. The van der Waals surface area contributed by atoms with Crippen molar-refractivity contribution in [1.29, 1.82) is 0 Å². The van der Waals surface area contributed by atoms with E-state index in [4.69, 9.17) is 18.9 Å². The van der Waals surface area contributed by atoms with Gasteiger partial charge in [-0.1, -0.05) is 0 Å². The Kier molecular flexibility index (Phi) is 7.49. The summed E-state index contributed by atoms with van der Waals surface area (Å²) < 4.78 is 21.1. The summed E-state index contributed by atoms with van der Waals surface area (Å²) in [5, 5.41) is 68.4. The second-order valence-electron chi connectivity index (χ2n) is 5.96. The molecule has 0 radical (unpaired) electrons. The molecule has 10 atom stereocenters. The smallest absolute Gasteiger partial charge is 0.187 e. The Morgan fingerprint density at radius 3 is 1.84 bits per heavy atom. The third-order valence-corrected chi connectivity index (χ3v) is 4.29. The molecule has 2 rings (SSSR count). The monoisotopic (exact) mass is 370 g/mol. The number of aliphatic hydroxyl groups is 7. The van der Waals surface area contributed by atoms with Crippen molar-refractivity contribution in [2.24, 2.45) is 0 Å². The second kappa shape index (κ2) is 8.97. The third kappa shape index (κ3) is 4.28. The molecule has 0 aromatic rings.